The van der Waals surface area contributed by atoms with E-state index in [2.05, 4.69) is 5.32 Å². The van der Waals surface area contributed by atoms with Crippen LogP contribution < -0.4 is 10.1 Å². The van der Waals surface area contributed by atoms with Crippen molar-refractivity contribution in [3.63, 3.8) is 0 Å². The molecule has 1 aliphatic heterocycles. The van der Waals surface area contributed by atoms with Crippen LogP contribution in [0.15, 0.2) is 18.2 Å². The number of non-ortho nitro benzene ring substituents is 1. The van der Waals surface area contributed by atoms with Crippen LogP contribution in [0.25, 0.3) is 0 Å². The van der Waals surface area contributed by atoms with E-state index in [1.807, 2.05) is 0 Å². The fraction of sp³-hybridized carbons (Fsp3) is 0.550. The van der Waals surface area contributed by atoms with Crippen molar-refractivity contribution in [3.8, 4) is 5.75 Å². The molecular weight excluding hydrogens is 394 g/mol. The van der Waals surface area contributed by atoms with Crippen molar-refractivity contribution >= 4 is 29.2 Å². The third-order valence-corrected chi connectivity index (χ3v) is 5.57. The van der Waals surface area contributed by atoms with Crippen molar-refractivity contribution in [2.75, 3.05) is 19.0 Å². The molecule has 1 saturated heterocycles. The van der Waals surface area contributed by atoms with Gasteiger partial charge in [-0.25, -0.2) is 0 Å². The number of methoxy groups -OCH3 is 1. The van der Waals surface area contributed by atoms with Crippen LogP contribution in [-0.2, 0) is 19.1 Å². The Labute approximate surface area is 173 Å². The molecule has 0 spiro atoms. The third-order valence-electron chi connectivity index (χ3n) is 5.57. The van der Waals surface area contributed by atoms with Gasteiger partial charge in [-0.3, -0.25) is 24.5 Å². The average molecular weight is 419 g/mol. The van der Waals surface area contributed by atoms with Gasteiger partial charge in [0.05, 0.1) is 29.7 Å². The van der Waals surface area contributed by atoms with Gasteiger partial charge in [-0.15, -0.1) is 0 Å². The maximum absolute atomic E-state index is 12.5. The minimum Gasteiger partial charge on any atom is -0.494 e. The molecule has 2 amide bonds. The highest BCUT2D eigenvalue weighted by molar-refractivity contribution is 5.97. The van der Waals surface area contributed by atoms with Crippen molar-refractivity contribution in [2.45, 2.75) is 51.2 Å². The molecule has 0 bridgehead atoms. The van der Waals surface area contributed by atoms with E-state index in [1.54, 1.807) is 4.90 Å². The molecule has 2 atom stereocenters. The number of ether oxygens (including phenoxy) is 2. The zero-order valence-electron chi connectivity index (χ0n) is 17.0. The lowest BCUT2D eigenvalue weighted by molar-refractivity contribution is -0.384. The summed E-state index contributed by atoms with van der Waals surface area (Å²) in [5.74, 6) is -1.70. The Morgan fingerprint density at radius 2 is 2.00 bits per heavy atom. The number of rotatable bonds is 7. The summed E-state index contributed by atoms with van der Waals surface area (Å²) in [6, 6.07) is 3.97. The minimum atomic E-state index is -1.10. The molecule has 0 unspecified atom stereocenters. The number of benzene rings is 1. The van der Waals surface area contributed by atoms with E-state index in [9.17, 15) is 24.5 Å². The molecule has 30 heavy (non-hydrogen) atoms. The summed E-state index contributed by atoms with van der Waals surface area (Å²) in [5, 5.41) is 13.4. The molecule has 1 N–H and O–H groups in total. The lowest BCUT2D eigenvalue weighted by Crippen LogP contribution is -2.36. The summed E-state index contributed by atoms with van der Waals surface area (Å²) in [6.45, 7) is 1.75. The van der Waals surface area contributed by atoms with Crippen LogP contribution in [0.3, 0.4) is 0 Å². The van der Waals surface area contributed by atoms with Gasteiger partial charge in [0.15, 0.2) is 6.10 Å². The standard InChI is InChI=1S/C20H25N3O7/c1-12(19(25)21-16-8-7-15(23(27)28)10-17(16)29-2)30-20(26)13-9-18(24)22(11-13)14-5-3-4-6-14/h7-8,10,12-14H,3-6,9,11H2,1-2H3,(H,21,25)/t12-,13-/m0/s1. The van der Waals surface area contributed by atoms with Crippen molar-refractivity contribution in [2.24, 2.45) is 5.92 Å². The van der Waals surface area contributed by atoms with Crippen LogP contribution >= 0.6 is 0 Å². The number of nitrogens with one attached hydrogen (secondary N) is 1. The summed E-state index contributed by atoms with van der Waals surface area (Å²) < 4.78 is 10.4. The first-order chi connectivity index (χ1) is 14.3. The highest BCUT2D eigenvalue weighted by atomic mass is 16.6. The number of carbonyl (C=O) groups is 3. The lowest BCUT2D eigenvalue weighted by atomic mass is 10.1. The Kier molecular flexibility index (Phi) is 6.53. The smallest absolute Gasteiger partial charge is 0.312 e. The van der Waals surface area contributed by atoms with Crippen molar-refractivity contribution in [1.82, 2.24) is 4.90 Å². The first-order valence-electron chi connectivity index (χ1n) is 9.93. The minimum absolute atomic E-state index is 0.0448. The second-order valence-electron chi connectivity index (χ2n) is 7.60. The van der Waals surface area contributed by atoms with Gasteiger partial charge in [0.2, 0.25) is 5.91 Å². The fourth-order valence-corrected chi connectivity index (χ4v) is 3.91. The Morgan fingerprint density at radius 1 is 1.30 bits per heavy atom. The molecule has 3 rings (SSSR count). The Hall–Kier alpha value is -3.17. The number of nitro benzene ring substituents is 1. The molecule has 1 heterocycles. The summed E-state index contributed by atoms with van der Waals surface area (Å²) in [6.07, 6.45) is 3.10. The zero-order valence-corrected chi connectivity index (χ0v) is 17.0. The quantitative estimate of drug-likeness (QED) is 0.408. The molecule has 1 saturated carbocycles. The van der Waals surface area contributed by atoms with Crippen molar-refractivity contribution in [1.29, 1.82) is 0 Å². The second-order valence-corrected chi connectivity index (χ2v) is 7.60. The van der Waals surface area contributed by atoms with E-state index < -0.39 is 28.8 Å². The Morgan fingerprint density at radius 3 is 2.63 bits per heavy atom. The maximum Gasteiger partial charge on any atom is 0.312 e. The fourth-order valence-electron chi connectivity index (χ4n) is 3.91. The lowest BCUT2D eigenvalue weighted by Gasteiger charge is -2.24. The number of nitro groups is 1. The average Bonchev–Trinajstić information content (AvgIpc) is 3.37. The largest absolute Gasteiger partial charge is 0.494 e. The summed E-state index contributed by atoms with van der Waals surface area (Å²) in [5.41, 5.74) is 0.0431. The molecule has 1 aromatic carbocycles. The highest BCUT2D eigenvalue weighted by Gasteiger charge is 2.40. The number of hydrogen-bond acceptors (Lipinski definition) is 7. The molecule has 2 fully saturated rings. The second kappa shape index (κ2) is 9.10. The number of hydrogen-bond donors (Lipinski definition) is 1. The molecule has 162 valence electrons. The first kappa shape index (κ1) is 21.5. The number of anilines is 1. The van der Waals surface area contributed by atoms with E-state index in [0.29, 0.717) is 6.54 Å². The molecule has 10 nitrogen and oxygen atoms in total. The third kappa shape index (κ3) is 4.69. The molecular formula is C20H25N3O7. The van der Waals surface area contributed by atoms with Gasteiger partial charge in [-0.2, -0.15) is 0 Å². The van der Waals surface area contributed by atoms with E-state index in [1.165, 1.54) is 32.2 Å². The van der Waals surface area contributed by atoms with E-state index >= 15 is 0 Å². The molecule has 2 aliphatic rings. The molecule has 1 aliphatic carbocycles. The summed E-state index contributed by atoms with van der Waals surface area (Å²) in [7, 11) is 1.32. The Balaban J connectivity index is 1.57. The van der Waals surface area contributed by atoms with Crippen LogP contribution in [0, 0.1) is 16.0 Å². The van der Waals surface area contributed by atoms with E-state index in [4.69, 9.17) is 9.47 Å². The summed E-state index contributed by atoms with van der Waals surface area (Å²) >= 11 is 0. The van der Waals surface area contributed by atoms with Crippen molar-refractivity contribution < 1.29 is 28.8 Å². The zero-order chi connectivity index (χ0) is 21.8. The monoisotopic (exact) mass is 419 g/mol. The number of nitrogens with zero attached hydrogens (tertiary/aromatic N) is 2. The molecule has 1 aromatic rings. The summed E-state index contributed by atoms with van der Waals surface area (Å²) in [4.78, 5) is 49.2. The van der Waals surface area contributed by atoms with Gasteiger partial charge < -0.3 is 19.7 Å². The number of esters is 1. The van der Waals surface area contributed by atoms with Crippen LogP contribution in [0.4, 0.5) is 11.4 Å². The number of carbonyl (C=O) groups excluding carboxylic acids is 3. The normalized spacial score (nSPS) is 20.1. The topological polar surface area (TPSA) is 128 Å². The van der Waals surface area contributed by atoms with Crippen LogP contribution in [0.5, 0.6) is 5.75 Å². The first-order valence-corrected chi connectivity index (χ1v) is 9.93. The highest BCUT2D eigenvalue weighted by Crippen LogP contribution is 2.31. The molecule has 0 radical (unpaired) electrons. The predicted molar refractivity (Wildman–Crippen MR) is 106 cm³/mol. The van der Waals surface area contributed by atoms with Crippen molar-refractivity contribution in [3.05, 3.63) is 28.3 Å². The Bertz CT molecular complexity index is 851. The maximum atomic E-state index is 12.5. The molecule has 0 aromatic heterocycles. The SMILES string of the molecule is COc1cc([N+](=O)[O-])ccc1NC(=O)[C@H](C)OC(=O)[C@H]1CC(=O)N(C2CCCC2)C1. The van der Waals surface area contributed by atoms with Gasteiger partial charge in [0.25, 0.3) is 11.6 Å². The van der Waals surface area contributed by atoms with Crippen LogP contribution in [-0.4, -0.2) is 53.4 Å². The van der Waals surface area contributed by atoms with Gasteiger partial charge in [-0.1, -0.05) is 12.8 Å². The van der Waals surface area contributed by atoms with Gasteiger partial charge in [0.1, 0.15) is 5.75 Å². The van der Waals surface area contributed by atoms with Gasteiger partial charge in [0, 0.05) is 25.1 Å². The number of likely N-dealkylation sites (tertiary alicyclic amines) is 1. The molecule has 10 heteroatoms. The van der Waals surface area contributed by atoms with Crippen LogP contribution in [0.2, 0.25) is 0 Å². The van der Waals surface area contributed by atoms with E-state index in [-0.39, 0.29) is 35.5 Å². The van der Waals surface area contributed by atoms with E-state index in [0.717, 1.165) is 25.7 Å². The number of amides is 2. The van der Waals surface area contributed by atoms with Gasteiger partial charge >= 0.3 is 5.97 Å². The van der Waals surface area contributed by atoms with Crippen LogP contribution in [0.1, 0.15) is 39.0 Å². The van der Waals surface area contributed by atoms with Gasteiger partial charge in [-0.05, 0) is 25.8 Å². The predicted octanol–water partition coefficient (Wildman–Crippen LogP) is 2.26.